The van der Waals surface area contributed by atoms with Gasteiger partial charge in [0.1, 0.15) is 5.82 Å². The number of alkyl halides is 3. The van der Waals surface area contributed by atoms with Gasteiger partial charge in [-0.1, -0.05) is 17.7 Å². The molecule has 0 radical (unpaired) electrons. The molecule has 0 bridgehead atoms. The Morgan fingerprint density at radius 2 is 1.95 bits per heavy atom. The van der Waals surface area contributed by atoms with Gasteiger partial charge in [-0.25, -0.2) is 9.78 Å². The summed E-state index contributed by atoms with van der Waals surface area (Å²) in [7, 11) is 0. The largest absolute Gasteiger partial charge is 0.477 e. The minimum Gasteiger partial charge on any atom is -0.477 e. The third-order valence-electron chi connectivity index (χ3n) is 2.47. The van der Waals surface area contributed by atoms with Gasteiger partial charge in [-0.15, -0.1) is 0 Å². The van der Waals surface area contributed by atoms with Crippen LogP contribution in [-0.2, 0) is 6.18 Å². The molecule has 1 aromatic carbocycles. The lowest BCUT2D eigenvalue weighted by atomic mass is 10.2. The second kappa shape index (κ2) is 5.61. The number of halogens is 4. The monoisotopic (exact) mass is 316 g/mol. The first-order valence-electron chi connectivity index (χ1n) is 5.61. The Morgan fingerprint density at radius 1 is 1.24 bits per heavy atom. The van der Waals surface area contributed by atoms with Crippen LogP contribution in [0.3, 0.4) is 0 Å². The molecule has 4 nitrogen and oxygen atoms in total. The van der Waals surface area contributed by atoms with E-state index < -0.39 is 17.7 Å². The third kappa shape index (κ3) is 3.85. The van der Waals surface area contributed by atoms with Crippen LogP contribution >= 0.6 is 11.6 Å². The molecular weight excluding hydrogens is 309 g/mol. The molecule has 8 heteroatoms. The van der Waals surface area contributed by atoms with Crippen molar-refractivity contribution in [2.45, 2.75) is 6.18 Å². The standard InChI is InChI=1S/C13H8ClF3N2O2/c14-8-4-7(13(15,16)17)5-9(6-8)18-11-3-1-2-10(19-11)12(20)21/h1-6H,(H,18,19)(H,20,21). The number of anilines is 2. The van der Waals surface area contributed by atoms with Crippen LogP contribution in [0.5, 0.6) is 0 Å². The number of aromatic nitrogens is 1. The van der Waals surface area contributed by atoms with Gasteiger partial charge in [0.25, 0.3) is 0 Å². The molecule has 21 heavy (non-hydrogen) atoms. The normalized spacial score (nSPS) is 11.2. The maximum Gasteiger partial charge on any atom is 0.416 e. The highest BCUT2D eigenvalue weighted by Gasteiger charge is 2.31. The van der Waals surface area contributed by atoms with Gasteiger partial charge in [0.15, 0.2) is 5.69 Å². The van der Waals surface area contributed by atoms with Gasteiger partial charge in [0.2, 0.25) is 0 Å². The molecule has 0 aliphatic rings. The molecule has 1 aromatic heterocycles. The minimum atomic E-state index is -4.53. The summed E-state index contributed by atoms with van der Waals surface area (Å²) in [4.78, 5) is 14.5. The van der Waals surface area contributed by atoms with Crippen molar-refractivity contribution in [2.24, 2.45) is 0 Å². The summed E-state index contributed by atoms with van der Waals surface area (Å²) in [5, 5.41) is 11.3. The number of benzene rings is 1. The topological polar surface area (TPSA) is 62.2 Å². The first kappa shape index (κ1) is 15.1. The van der Waals surface area contributed by atoms with E-state index in [9.17, 15) is 18.0 Å². The smallest absolute Gasteiger partial charge is 0.416 e. The van der Waals surface area contributed by atoms with E-state index in [2.05, 4.69) is 10.3 Å². The lowest BCUT2D eigenvalue weighted by Crippen LogP contribution is -2.06. The number of hydrogen-bond donors (Lipinski definition) is 2. The predicted octanol–water partition coefficient (Wildman–Crippen LogP) is 4.20. The molecule has 110 valence electrons. The number of pyridine rings is 1. The second-order valence-corrected chi connectivity index (χ2v) is 4.50. The number of rotatable bonds is 3. The van der Waals surface area contributed by atoms with Gasteiger partial charge in [0.05, 0.1) is 5.56 Å². The van der Waals surface area contributed by atoms with E-state index in [1.807, 2.05) is 0 Å². The first-order chi connectivity index (χ1) is 9.75. The summed E-state index contributed by atoms with van der Waals surface area (Å²) < 4.78 is 38.0. The zero-order chi connectivity index (χ0) is 15.6. The molecule has 0 fully saturated rings. The fraction of sp³-hybridized carbons (Fsp3) is 0.0769. The maximum atomic E-state index is 12.7. The van der Waals surface area contributed by atoms with Crippen molar-refractivity contribution in [3.63, 3.8) is 0 Å². The SMILES string of the molecule is O=C(O)c1cccc(Nc2cc(Cl)cc(C(F)(F)F)c2)n1. The Balaban J connectivity index is 2.33. The Hall–Kier alpha value is -2.28. The van der Waals surface area contributed by atoms with E-state index in [1.54, 1.807) is 0 Å². The van der Waals surface area contributed by atoms with Gasteiger partial charge in [-0.2, -0.15) is 13.2 Å². The van der Waals surface area contributed by atoms with Crippen molar-refractivity contribution in [3.05, 3.63) is 52.7 Å². The molecule has 1 heterocycles. The summed E-state index contributed by atoms with van der Waals surface area (Å²) in [6.45, 7) is 0. The van der Waals surface area contributed by atoms with Crippen LogP contribution in [0.4, 0.5) is 24.7 Å². The summed E-state index contributed by atoms with van der Waals surface area (Å²) >= 11 is 5.65. The number of nitrogens with zero attached hydrogens (tertiary/aromatic N) is 1. The predicted molar refractivity (Wildman–Crippen MR) is 70.9 cm³/mol. The van der Waals surface area contributed by atoms with Crippen molar-refractivity contribution >= 4 is 29.1 Å². The number of carbonyl (C=O) groups is 1. The molecule has 0 aliphatic carbocycles. The summed E-state index contributed by atoms with van der Waals surface area (Å²) in [6, 6.07) is 7.07. The van der Waals surface area contributed by atoms with Crippen molar-refractivity contribution in [1.29, 1.82) is 0 Å². The van der Waals surface area contributed by atoms with Crippen molar-refractivity contribution in [1.82, 2.24) is 4.98 Å². The quantitative estimate of drug-likeness (QED) is 0.891. The van der Waals surface area contributed by atoms with E-state index in [0.29, 0.717) is 0 Å². The highest BCUT2D eigenvalue weighted by Crippen LogP contribution is 2.33. The van der Waals surface area contributed by atoms with E-state index in [4.69, 9.17) is 16.7 Å². The molecule has 0 amide bonds. The van der Waals surface area contributed by atoms with Crippen LogP contribution in [0.15, 0.2) is 36.4 Å². The van der Waals surface area contributed by atoms with Crippen LogP contribution < -0.4 is 5.32 Å². The van der Waals surface area contributed by atoms with Crippen molar-refractivity contribution in [3.8, 4) is 0 Å². The van der Waals surface area contributed by atoms with E-state index in [0.717, 1.165) is 12.1 Å². The average molecular weight is 317 g/mol. The molecule has 0 aliphatic heterocycles. The van der Waals surface area contributed by atoms with Crippen molar-refractivity contribution < 1.29 is 23.1 Å². The zero-order valence-corrected chi connectivity index (χ0v) is 11.0. The molecule has 0 atom stereocenters. The molecule has 0 unspecified atom stereocenters. The van der Waals surface area contributed by atoms with E-state index >= 15 is 0 Å². The van der Waals surface area contributed by atoms with Crippen molar-refractivity contribution in [2.75, 3.05) is 5.32 Å². The number of carboxylic acid groups (broad SMARTS) is 1. The number of hydrogen-bond acceptors (Lipinski definition) is 3. The number of aromatic carboxylic acids is 1. The maximum absolute atomic E-state index is 12.7. The van der Waals surface area contributed by atoms with Crippen LogP contribution in [-0.4, -0.2) is 16.1 Å². The lowest BCUT2D eigenvalue weighted by Gasteiger charge is -2.11. The van der Waals surface area contributed by atoms with Gasteiger partial charge in [0, 0.05) is 10.7 Å². The molecule has 0 saturated heterocycles. The van der Waals surface area contributed by atoms with Crippen LogP contribution in [0.2, 0.25) is 5.02 Å². The number of carboxylic acids is 1. The second-order valence-electron chi connectivity index (χ2n) is 4.06. The van der Waals surface area contributed by atoms with Crippen LogP contribution in [0, 0.1) is 0 Å². The fourth-order valence-corrected chi connectivity index (χ4v) is 1.83. The van der Waals surface area contributed by atoms with E-state index in [1.165, 1.54) is 24.3 Å². The highest BCUT2D eigenvalue weighted by molar-refractivity contribution is 6.31. The summed E-state index contributed by atoms with van der Waals surface area (Å²) in [5.74, 6) is -1.13. The van der Waals surface area contributed by atoms with Crippen LogP contribution in [0.25, 0.3) is 0 Å². The Labute approximate surface area is 122 Å². The summed E-state index contributed by atoms with van der Waals surface area (Å²) in [6.07, 6.45) is -4.53. The number of nitrogens with one attached hydrogen (secondary N) is 1. The molecule has 2 rings (SSSR count). The fourth-order valence-electron chi connectivity index (χ4n) is 1.60. The Bertz CT molecular complexity index is 689. The van der Waals surface area contributed by atoms with Gasteiger partial charge < -0.3 is 10.4 Å². The van der Waals surface area contributed by atoms with Gasteiger partial charge in [-0.05, 0) is 30.3 Å². The molecule has 2 aromatic rings. The zero-order valence-electron chi connectivity index (χ0n) is 10.3. The lowest BCUT2D eigenvalue weighted by molar-refractivity contribution is -0.137. The summed E-state index contributed by atoms with van der Waals surface area (Å²) in [5.41, 5.74) is -1.07. The minimum absolute atomic E-state index is 0.0601. The molecule has 0 saturated carbocycles. The molecule has 0 spiro atoms. The Morgan fingerprint density at radius 3 is 2.57 bits per heavy atom. The highest BCUT2D eigenvalue weighted by atomic mass is 35.5. The van der Waals surface area contributed by atoms with E-state index in [-0.39, 0.29) is 22.2 Å². The van der Waals surface area contributed by atoms with Gasteiger partial charge in [-0.3, -0.25) is 0 Å². The van der Waals surface area contributed by atoms with Gasteiger partial charge >= 0.3 is 12.1 Å². The first-order valence-corrected chi connectivity index (χ1v) is 5.98. The Kier molecular flexibility index (Phi) is 4.04. The molecule has 2 N–H and O–H groups in total. The van der Waals surface area contributed by atoms with Crippen LogP contribution in [0.1, 0.15) is 16.1 Å². The third-order valence-corrected chi connectivity index (χ3v) is 2.68. The molecular formula is C13H8ClF3N2O2. The average Bonchev–Trinajstić information content (AvgIpc) is 2.37.